The highest BCUT2D eigenvalue weighted by Crippen LogP contribution is 2.38. The molecule has 164 valence electrons. The van der Waals surface area contributed by atoms with E-state index in [1.165, 1.54) is 4.90 Å². The largest absolute Gasteiger partial charge is 0.493 e. The lowest BCUT2D eigenvalue weighted by Gasteiger charge is -2.14. The first kappa shape index (κ1) is 24.2. The number of rotatable bonds is 8. The number of thioether (sulfide) groups is 1. The maximum absolute atomic E-state index is 12.6. The molecule has 1 aliphatic heterocycles. The fourth-order valence-electron chi connectivity index (χ4n) is 2.91. The minimum atomic E-state index is -0.255. The average molecular weight is 592 g/mol. The Kier molecular flexibility index (Phi) is 8.55. The van der Waals surface area contributed by atoms with Crippen molar-refractivity contribution in [2.45, 2.75) is 26.4 Å². The maximum atomic E-state index is 12.6. The standard InChI is InChI=1S/C22H20Cl2INO4S/c1-3-4-7-26-21(27)19(31-22(26)28)10-13-8-17(25)20(18(9-13)29-2)30-12-14-5-6-15(23)11-16(14)24/h5-6,8-11H,3-4,7,12H2,1-2H3/b19-10-. The molecule has 0 unspecified atom stereocenters. The lowest BCUT2D eigenvalue weighted by molar-refractivity contribution is -0.122. The zero-order chi connectivity index (χ0) is 22.5. The Labute approximate surface area is 209 Å². The summed E-state index contributed by atoms with van der Waals surface area (Å²) in [6, 6.07) is 8.89. The van der Waals surface area contributed by atoms with Gasteiger partial charge in [-0.3, -0.25) is 14.5 Å². The van der Waals surface area contributed by atoms with Crippen LogP contribution in [-0.2, 0) is 11.4 Å². The number of amides is 2. The molecule has 0 atom stereocenters. The van der Waals surface area contributed by atoms with Crippen LogP contribution in [0.2, 0.25) is 10.0 Å². The van der Waals surface area contributed by atoms with E-state index in [0.717, 1.165) is 39.3 Å². The van der Waals surface area contributed by atoms with Gasteiger partial charge in [-0.2, -0.15) is 0 Å². The fourth-order valence-corrected chi connectivity index (χ4v) is 5.02. The Morgan fingerprint density at radius 2 is 1.97 bits per heavy atom. The molecule has 31 heavy (non-hydrogen) atoms. The van der Waals surface area contributed by atoms with Crippen molar-refractivity contribution in [2.75, 3.05) is 13.7 Å². The molecule has 1 saturated heterocycles. The second kappa shape index (κ2) is 10.9. The van der Waals surface area contributed by atoms with Gasteiger partial charge < -0.3 is 9.47 Å². The van der Waals surface area contributed by atoms with Gasteiger partial charge in [-0.1, -0.05) is 42.6 Å². The zero-order valence-corrected chi connectivity index (χ0v) is 21.4. The lowest BCUT2D eigenvalue weighted by Crippen LogP contribution is -2.29. The number of benzene rings is 2. The first-order valence-corrected chi connectivity index (χ1v) is 12.2. The topological polar surface area (TPSA) is 55.8 Å². The van der Waals surface area contributed by atoms with Crippen molar-refractivity contribution in [3.05, 3.63) is 60.0 Å². The van der Waals surface area contributed by atoms with E-state index in [-0.39, 0.29) is 17.8 Å². The van der Waals surface area contributed by atoms with Crippen molar-refractivity contribution in [1.29, 1.82) is 0 Å². The van der Waals surface area contributed by atoms with Crippen molar-refractivity contribution in [3.8, 4) is 11.5 Å². The zero-order valence-electron chi connectivity index (χ0n) is 16.9. The van der Waals surface area contributed by atoms with Gasteiger partial charge in [-0.25, -0.2) is 0 Å². The van der Waals surface area contributed by atoms with Gasteiger partial charge in [-0.15, -0.1) is 0 Å². The number of nitrogens with zero attached hydrogens (tertiary/aromatic N) is 1. The molecule has 0 radical (unpaired) electrons. The number of hydrogen-bond donors (Lipinski definition) is 0. The number of methoxy groups -OCH3 is 1. The van der Waals surface area contributed by atoms with Gasteiger partial charge in [-0.05, 0) is 76.7 Å². The third-order valence-corrected chi connectivity index (χ3v) is 6.84. The summed E-state index contributed by atoms with van der Waals surface area (Å²) in [5.41, 5.74) is 1.55. The highest BCUT2D eigenvalue weighted by Gasteiger charge is 2.34. The Morgan fingerprint density at radius 3 is 2.65 bits per heavy atom. The van der Waals surface area contributed by atoms with Gasteiger partial charge in [0, 0.05) is 22.2 Å². The van der Waals surface area contributed by atoms with Crippen LogP contribution in [0.1, 0.15) is 30.9 Å². The van der Waals surface area contributed by atoms with E-state index in [1.807, 2.05) is 19.1 Å². The van der Waals surface area contributed by atoms with Crippen LogP contribution in [0.5, 0.6) is 11.5 Å². The smallest absolute Gasteiger partial charge is 0.293 e. The second-order valence-electron chi connectivity index (χ2n) is 6.75. The molecule has 0 N–H and O–H groups in total. The number of carbonyl (C=O) groups is 2. The molecule has 0 saturated carbocycles. The number of imide groups is 1. The van der Waals surface area contributed by atoms with Crippen LogP contribution in [0, 0.1) is 3.57 Å². The van der Waals surface area contributed by atoms with Gasteiger partial charge in [0.2, 0.25) is 0 Å². The van der Waals surface area contributed by atoms with Gasteiger partial charge in [0.1, 0.15) is 6.61 Å². The van der Waals surface area contributed by atoms with Gasteiger partial charge >= 0.3 is 0 Å². The SMILES string of the molecule is CCCCN1C(=O)S/C(=C\c2cc(I)c(OCc3ccc(Cl)cc3Cl)c(OC)c2)C1=O. The summed E-state index contributed by atoms with van der Waals surface area (Å²) < 4.78 is 12.3. The predicted molar refractivity (Wildman–Crippen MR) is 134 cm³/mol. The van der Waals surface area contributed by atoms with E-state index < -0.39 is 0 Å². The number of halogens is 3. The molecule has 2 aromatic rings. The summed E-state index contributed by atoms with van der Waals surface area (Å²) in [4.78, 5) is 26.5. The normalized spacial score (nSPS) is 15.1. The molecule has 0 spiro atoms. The van der Waals surface area contributed by atoms with E-state index in [0.29, 0.717) is 33.0 Å². The van der Waals surface area contributed by atoms with E-state index in [9.17, 15) is 9.59 Å². The van der Waals surface area contributed by atoms with Crippen molar-refractivity contribution in [1.82, 2.24) is 4.90 Å². The van der Waals surface area contributed by atoms with Gasteiger partial charge in [0.25, 0.3) is 11.1 Å². The summed E-state index contributed by atoms with van der Waals surface area (Å²) in [6.07, 6.45) is 3.42. The molecule has 3 rings (SSSR count). The van der Waals surface area contributed by atoms with Crippen LogP contribution in [-0.4, -0.2) is 29.7 Å². The molecule has 5 nitrogen and oxygen atoms in total. The molecular formula is C22H20Cl2INO4S. The van der Waals surface area contributed by atoms with Crippen LogP contribution >= 0.6 is 57.6 Å². The van der Waals surface area contributed by atoms with Gasteiger partial charge in [0.05, 0.1) is 15.6 Å². The van der Waals surface area contributed by atoms with Crippen molar-refractivity contribution >= 4 is 74.8 Å². The highest BCUT2D eigenvalue weighted by atomic mass is 127. The summed E-state index contributed by atoms with van der Waals surface area (Å²) in [7, 11) is 1.55. The van der Waals surface area contributed by atoms with E-state index in [2.05, 4.69) is 22.6 Å². The summed E-state index contributed by atoms with van der Waals surface area (Å²) >= 11 is 15.3. The summed E-state index contributed by atoms with van der Waals surface area (Å²) in [6.45, 7) is 2.71. The van der Waals surface area contributed by atoms with Crippen molar-refractivity contribution in [3.63, 3.8) is 0 Å². The van der Waals surface area contributed by atoms with E-state index in [1.54, 1.807) is 31.4 Å². The Balaban J connectivity index is 1.81. The van der Waals surface area contributed by atoms with Crippen LogP contribution in [0.15, 0.2) is 35.2 Å². The molecule has 2 amide bonds. The predicted octanol–water partition coefficient (Wildman–Crippen LogP) is 7.02. The molecular weight excluding hydrogens is 572 g/mol. The van der Waals surface area contributed by atoms with Crippen LogP contribution < -0.4 is 9.47 Å². The molecule has 9 heteroatoms. The molecule has 1 fully saturated rings. The van der Waals surface area contributed by atoms with E-state index >= 15 is 0 Å². The first-order valence-electron chi connectivity index (χ1n) is 9.53. The van der Waals surface area contributed by atoms with Crippen molar-refractivity contribution < 1.29 is 19.1 Å². The summed E-state index contributed by atoms with van der Waals surface area (Å²) in [5, 5.41) is 0.854. The van der Waals surface area contributed by atoms with Crippen LogP contribution in [0.25, 0.3) is 6.08 Å². The van der Waals surface area contributed by atoms with Gasteiger partial charge in [0.15, 0.2) is 11.5 Å². The molecule has 0 aliphatic carbocycles. The fraction of sp³-hybridized carbons (Fsp3) is 0.273. The minimum absolute atomic E-state index is 0.230. The van der Waals surface area contributed by atoms with Crippen molar-refractivity contribution in [2.24, 2.45) is 0 Å². The monoisotopic (exact) mass is 591 g/mol. The maximum Gasteiger partial charge on any atom is 0.293 e. The molecule has 2 aromatic carbocycles. The molecule has 0 aromatic heterocycles. The van der Waals surface area contributed by atoms with Crippen LogP contribution in [0.4, 0.5) is 4.79 Å². The average Bonchev–Trinajstić information content (AvgIpc) is 2.99. The molecule has 0 bridgehead atoms. The number of ether oxygens (including phenoxy) is 2. The third kappa shape index (κ3) is 5.88. The Hall–Kier alpha value is -1.42. The highest BCUT2D eigenvalue weighted by molar-refractivity contribution is 14.1. The number of carbonyl (C=O) groups excluding carboxylic acids is 2. The quantitative estimate of drug-likeness (QED) is 0.244. The Bertz CT molecular complexity index is 1040. The number of hydrogen-bond acceptors (Lipinski definition) is 5. The number of unbranched alkanes of at least 4 members (excludes halogenated alkanes) is 1. The van der Waals surface area contributed by atoms with E-state index in [4.69, 9.17) is 32.7 Å². The second-order valence-corrected chi connectivity index (χ2v) is 9.74. The Morgan fingerprint density at radius 1 is 1.19 bits per heavy atom. The third-order valence-electron chi connectivity index (χ3n) is 4.55. The lowest BCUT2D eigenvalue weighted by atomic mass is 10.1. The molecule has 1 aliphatic rings. The molecule has 1 heterocycles. The first-order chi connectivity index (χ1) is 14.8. The summed E-state index contributed by atoms with van der Waals surface area (Å²) in [5.74, 6) is 0.839. The minimum Gasteiger partial charge on any atom is -0.493 e. The van der Waals surface area contributed by atoms with Crippen LogP contribution in [0.3, 0.4) is 0 Å².